The lowest BCUT2D eigenvalue weighted by Gasteiger charge is -2.27. The summed E-state index contributed by atoms with van der Waals surface area (Å²) in [6.07, 6.45) is 1.11. The van der Waals surface area contributed by atoms with Crippen molar-refractivity contribution >= 4 is 35.2 Å². The lowest BCUT2D eigenvalue weighted by Crippen LogP contribution is -2.54. The fraction of sp³-hybridized carbons (Fsp3) is 0.421. The number of piperidine rings is 1. The summed E-state index contributed by atoms with van der Waals surface area (Å²) in [6, 6.07) is 3.89. The molecular weight excluding hydrogens is 364 g/mol. The largest absolute Gasteiger partial charge is 0.384 e. The zero-order chi connectivity index (χ0) is 20.3. The third-order valence-corrected chi connectivity index (χ3v) is 4.74. The van der Waals surface area contributed by atoms with Crippen molar-refractivity contribution in [1.82, 2.24) is 15.5 Å². The van der Waals surface area contributed by atoms with Gasteiger partial charge in [-0.15, -0.1) is 0 Å². The predicted molar refractivity (Wildman–Crippen MR) is 99.5 cm³/mol. The van der Waals surface area contributed by atoms with Crippen LogP contribution in [0.15, 0.2) is 18.2 Å². The fourth-order valence-electron chi connectivity index (χ4n) is 3.42. The summed E-state index contributed by atoms with van der Waals surface area (Å²) >= 11 is 0. The third kappa shape index (κ3) is 3.73. The fourth-order valence-corrected chi connectivity index (χ4v) is 3.42. The highest BCUT2D eigenvalue weighted by atomic mass is 16.2. The minimum absolute atomic E-state index is 0.0436. The SMILES string of the molecule is CCNC(=O)CCCNc1cccc2c1C(=O)N(C1CCC(=O)NC1=O)C2=O. The molecule has 3 rings (SSSR count). The van der Waals surface area contributed by atoms with Crippen LogP contribution in [0.1, 0.15) is 53.3 Å². The standard InChI is InChI=1S/C19H22N4O5/c1-2-20-14(24)7-4-10-21-12-6-3-5-11-16(12)19(28)23(18(11)27)13-8-9-15(25)22-17(13)26/h3,5-6,13,21H,2,4,7-10H2,1H3,(H,20,24)(H,22,25,26). The van der Waals surface area contributed by atoms with Gasteiger partial charge in [0.15, 0.2) is 0 Å². The normalized spacial score (nSPS) is 18.8. The Morgan fingerprint density at radius 1 is 1.21 bits per heavy atom. The zero-order valence-electron chi connectivity index (χ0n) is 15.5. The maximum Gasteiger partial charge on any atom is 0.264 e. The van der Waals surface area contributed by atoms with E-state index in [2.05, 4.69) is 16.0 Å². The van der Waals surface area contributed by atoms with Crippen LogP contribution in [0.5, 0.6) is 0 Å². The Kier molecular flexibility index (Phi) is 5.72. The lowest BCUT2D eigenvalue weighted by atomic mass is 10.0. The number of rotatable bonds is 7. The average Bonchev–Trinajstić information content (AvgIpc) is 2.91. The van der Waals surface area contributed by atoms with E-state index in [-0.39, 0.29) is 29.9 Å². The molecule has 0 aromatic heterocycles. The van der Waals surface area contributed by atoms with Crippen LogP contribution in [0.25, 0.3) is 0 Å². The van der Waals surface area contributed by atoms with Crippen LogP contribution in [-0.4, -0.2) is 53.6 Å². The molecular formula is C19H22N4O5. The van der Waals surface area contributed by atoms with Crippen LogP contribution in [-0.2, 0) is 14.4 Å². The van der Waals surface area contributed by atoms with Crippen molar-refractivity contribution in [1.29, 1.82) is 0 Å². The summed E-state index contributed by atoms with van der Waals surface area (Å²) in [4.78, 5) is 61.6. The van der Waals surface area contributed by atoms with Crippen molar-refractivity contribution in [3.63, 3.8) is 0 Å². The molecule has 2 aliphatic rings. The molecule has 1 unspecified atom stereocenters. The van der Waals surface area contributed by atoms with Gasteiger partial charge in [-0.25, -0.2) is 0 Å². The van der Waals surface area contributed by atoms with E-state index >= 15 is 0 Å². The van der Waals surface area contributed by atoms with Crippen molar-refractivity contribution in [2.75, 3.05) is 18.4 Å². The van der Waals surface area contributed by atoms with Crippen molar-refractivity contribution in [3.05, 3.63) is 29.3 Å². The first-order chi connectivity index (χ1) is 13.4. The molecule has 0 radical (unpaired) electrons. The number of carbonyl (C=O) groups is 5. The number of nitrogens with zero attached hydrogens (tertiary/aromatic N) is 1. The Hall–Kier alpha value is -3.23. The van der Waals surface area contributed by atoms with Crippen LogP contribution in [0.4, 0.5) is 5.69 Å². The summed E-state index contributed by atoms with van der Waals surface area (Å²) in [6.45, 7) is 2.87. The summed E-state index contributed by atoms with van der Waals surface area (Å²) in [5.41, 5.74) is 0.931. The van der Waals surface area contributed by atoms with Gasteiger partial charge < -0.3 is 10.6 Å². The Bertz CT molecular complexity index is 851. The molecule has 3 N–H and O–H groups in total. The van der Waals surface area contributed by atoms with Crippen LogP contribution in [0.3, 0.4) is 0 Å². The molecule has 5 amide bonds. The van der Waals surface area contributed by atoms with Gasteiger partial charge in [-0.2, -0.15) is 0 Å². The molecule has 0 saturated carbocycles. The van der Waals surface area contributed by atoms with Gasteiger partial charge in [0, 0.05) is 31.6 Å². The van der Waals surface area contributed by atoms with E-state index in [0.717, 1.165) is 4.90 Å². The average molecular weight is 386 g/mol. The van der Waals surface area contributed by atoms with Gasteiger partial charge in [-0.1, -0.05) is 6.07 Å². The van der Waals surface area contributed by atoms with Crippen molar-refractivity contribution < 1.29 is 24.0 Å². The highest BCUT2D eigenvalue weighted by molar-refractivity contribution is 6.25. The number of amides is 5. The molecule has 0 aliphatic carbocycles. The Morgan fingerprint density at radius 2 is 2.00 bits per heavy atom. The molecule has 2 heterocycles. The molecule has 1 atom stereocenters. The Balaban J connectivity index is 1.72. The van der Waals surface area contributed by atoms with Crippen LogP contribution in [0.2, 0.25) is 0 Å². The van der Waals surface area contributed by atoms with Crippen molar-refractivity contribution in [3.8, 4) is 0 Å². The highest BCUT2D eigenvalue weighted by Crippen LogP contribution is 2.32. The number of hydrogen-bond acceptors (Lipinski definition) is 6. The molecule has 9 nitrogen and oxygen atoms in total. The number of anilines is 1. The second-order valence-corrected chi connectivity index (χ2v) is 6.66. The number of carbonyl (C=O) groups excluding carboxylic acids is 5. The van der Waals surface area contributed by atoms with Crippen LogP contribution >= 0.6 is 0 Å². The van der Waals surface area contributed by atoms with E-state index in [9.17, 15) is 24.0 Å². The second-order valence-electron chi connectivity index (χ2n) is 6.66. The summed E-state index contributed by atoms with van der Waals surface area (Å²) in [5, 5.41) is 7.99. The number of hydrogen-bond donors (Lipinski definition) is 3. The van der Waals surface area contributed by atoms with Crippen molar-refractivity contribution in [2.24, 2.45) is 0 Å². The first-order valence-corrected chi connectivity index (χ1v) is 9.29. The maximum absolute atomic E-state index is 12.9. The molecule has 1 aromatic carbocycles. The minimum atomic E-state index is -0.990. The number of imide groups is 2. The first-order valence-electron chi connectivity index (χ1n) is 9.29. The predicted octanol–water partition coefficient (Wildman–Crippen LogP) is 0.416. The molecule has 1 saturated heterocycles. The molecule has 28 heavy (non-hydrogen) atoms. The zero-order valence-corrected chi connectivity index (χ0v) is 15.5. The maximum atomic E-state index is 12.9. The minimum Gasteiger partial charge on any atom is -0.384 e. The van der Waals surface area contributed by atoms with E-state index in [1.54, 1.807) is 18.2 Å². The van der Waals surface area contributed by atoms with Gasteiger partial charge in [0.1, 0.15) is 6.04 Å². The van der Waals surface area contributed by atoms with Gasteiger partial charge in [-0.05, 0) is 31.9 Å². The summed E-state index contributed by atoms with van der Waals surface area (Å²) < 4.78 is 0. The van der Waals surface area contributed by atoms with E-state index in [4.69, 9.17) is 0 Å². The molecule has 1 fully saturated rings. The molecule has 148 valence electrons. The van der Waals surface area contributed by atoms with Gasteiger partial charge in [-0.3, -0.25) is 34.2 Å². The Morgan fingerprint density at radius 3 is 2.71 bits per heavy atom. The second kappa shape index (κ2) is 8.20. The first kappa shape index (κ1) is 19.5. The summed E-state index contributed by atoms with van der Waals surface area (Å²) in [5.74, 6) is -2.19. The third-order valence-electron chi connectivity index (χ3n) is 4.74. The highest BCUT2D eigenvalue weighted by Gasteiger charge is 2.45. The van der Waals surface area contributed by atoms with Gasteiger partial charge in [0.05, 0.1) is 11.1 Å². The molecule has 9 heteroatoms. The lowest BCUT2D eigenvalue weighted by molar-refractivity contribution is -0.136. The smallest absolute Gasteiger partial charge is 0.264 e. The van der Waals surface area contributed by atoms with E-state index < -0.39 is 29.7 Å². The molecule has 0 bridgehead atoms. The van der Waals surface area contributed by atoms with Gasteiger partial charge in [0.25, 0.3) is 11.8 Å². The van der Waals surface area contributed by atoms with E-state index in [1.807, 2.05) is 6.92 Å². The van der Waals surface area contributed by atoms with Crippen LogP contribution in [0, 0.1) is 0 Å². The molecule has 2 aliphatic heterocycles. The number of nitrogens with one attached hydrogen (secondary N) is 3. The monoisotopic (exact) mass is 386 g/mol. The molecule has 1 aromatic rings. The summed E-state index contributed by atoms with van der Waals surface area (Å²) in [7, 11) is 0. The van der Waals surface area contributed by atoms with E-state index in [1.165, 1.54) is 0 Å². The number of fused-ring (bicyclic) bond motifs is 1. The molecule has 0 spiro atoms. The van der Waals surface area contributed by atoms with Crippen LogP contribution < -0.4 is 16.0 Å². The van der Waals surface area contributed by atoms with Gasteiger partial charge in [0.2, 0.25) is 17.7 Å². The number of benzene rings is 1. The van der Waals surface area contributed by atoms with E-state index in [0.29, 0.717) is 31.6 Å². The quantitative estimate of drug-likeness (QED) is 0.461. The Labute approximate surface area is 161 Å². The topological polar surface area (TPSA) is 125 Å². The van der Waals surface area contributed by atoms with Crippen molar-refractivity contribution in [2.45, 2.75) is 38.6 Å². The van der Waals surface area contributed by atoms with Gasteiger partial charge >= 0.3 is 0 Å².